The maximum Gasteiger partial charge on any atom is 0.192 e. The van der Waals surface area contributed by atoms with Crippen LogP contribution in [0.25, 0.3) is 10.9 Å². The molecule has 84 valence electrons. The van der Waals surface area contributed by atoms with E-state index in [-0.39, 0.29) is 10.8 Å². The predicted octanol–water partition coefficient (Wildman–Crippen LogP) is 2.12. The Morgan fingerprint density at radius 1 is 1.44 bits per heavy atom. The average molecular weight is 221 g/mol. The zero-order valence-corrected chi connectivity index (χ0v) is 9.13. The number of pyridine rings is 1. The van der Waals surface area contributed by atoms with Crippen molar-refractivity contribution >= 4 is 10.9 Å². The number of H-pyrrole nitrogens is 1. The molecule has 0 fully saturated rings. The van der Waals surface area contributed by atoms with Gasteiger partial charge in [-0.05, 0) is 18.6 Å². The van der Waals surface area contributed by atoms with Gasteiger partial charge in [-0.1, -0.05) is 6.07 Å². The number of fused-ring (bicyclic) bond motifs is 1. The van der Waals surface area contributed by atoms with Gasteiger partial charge in [0.15, 0.2) is 5.43 Å². The molecule has 0 unspecified atom stereocenters. The van der Waals surface area contributed by atoms with Crippen LogP contribution in [0.1, 0.15) is 11.3 Å². The molecule has 2 rings (SSSR count). The van der Waals surface area contributed by atoms with Crippen molar-refractivity contribution in [2.75, 3.05) is 7.11 Å². The Hall–Kier alpha value is -1.68. The first-order valence-electron chi connectivity index (χ1n) is 4.93. The molecule has 4 heteroatoms. The Balaban J connectivity index is 2.81. The van der Waals surface area contributed by atoms with Gasteiger partial charge in [-0.15, -0.1) is 0 Å². The van der Waals surface area contributed by atoms with Gasteiger partial charge in [0.05, 0.1) is 17.5 Å². The highest BCUT2D eigenvalue weighted by Gasteiger charge is 2.09. The van der Waals surface area contributed by atoms with Crippen molar-refractivity contribution in [1.29, 1.82) is 0 Å². The number of hydrogen-bond donors (Lipinski definition) is 1. The van der Waals surface area contributed by atoms with Crippen molar-refractivity contribution in [2.24, 2.45) is 0 Å². The lowest BCUT2D eigenvalue weighted by molar-refractivity contribution is 0.181. The second-order valence-corrected chi connectivity index (χ2v) is 3.71. The maximum absolute atomic E-state index is 13.5. The minimum atomic E-state index is -0.495. The zero-order chi connectivity index (χ0) is 11.7. The molecule has 0 aliphatic heterocycles. The molecule has 2 aromatic rings. The molecule has 1 heterocycles. The van der Waals surface area contributed by atoms with E-state index in [0.29, 0.717) is 17.8 Å². The second-order valence-electron chi connectivity index (χ2n) is 3.71. The summed E-state index contributed by atoms with van der Waals surface area (Å²) in [5.74, 6) is -0.495. The summed E-state index contributed by atoms with van der Waals surface area (Å²) in [5.41, 5.74) is 1.71. The highest BCUT2D eigenvalue weighted by molar-refractivity contribution is 5.82. The standard InChI is InChI=1S/C12H12FNO2/c1-7-3-4-9(13)11-10(15)5-8(6-16-2)14-12(7)11/h3-5H,6H2,1-2H3,(H,14,15). The van der Waals surface area contributed by atoms with Gasteiger partial charge in [0, 0.05) is 18.9 Å². The molecule has 0 saturated carbocycles. The summed E-state index contributed by atoms with van der Waals surface area (Å²) in [7, 11) is 1.54. The molecule has 0 amide bonds. The molecule has 1 aromatic carbocycles. The molecule has 0 aliphatic carbocycles. The smallest absolute Gasteiger partial charge is 0.192 e. The van der Waals surface area contributed by atoms with Crippen LogP contribution in [0.3, 0.4) is 0 Å². The van der Waals surface area contributed by atoms with Crippen LogP contribution in [0.4, 0.5) is 4.39 Å². The first-order valence-corrected chi connectivity index (χ1v) is 4.93. The highest BCUT2D eigenvalue weighted by Crippen LogP contribution is 2.16. The van der Waals surface area contributed by atoms with Crippen LogP contribution < -0.4 is 5.43 Å². The van der Waals surface area contributed by atoms with Crippen LogP contribution in [0.5, 0.6) is 0 Å². The van der Waals surface area contributed by atoms with E-state index in [4.69, 9.17) is 4.74 Å². The molecule has 1 aromatic heterocycles. The first kappa shape index (κ1) is 10.8. The van der Waals surface area contributed by atoms with Crippen molar-refractivity contribution < 1.29 is 9.13 Å². The minimum absolute atomic E-state index is 0.111. The van der Waals surface area contributed by atoms with Crippen molar-refractivity contribution in [3.05, 3.63) is 45.5 Å². The van der Waals surface area contributed by atoms with Crippen LogP contribution in [0.15, 0.2) is 23.0 Å². The summed E-state index contributed by atoms with van der Waals surface area (Å²) in [6.07, 6.45) is 0. The predicted molar refractivity (Wildman–Crippen MR) is 60.0 cm³/mol. The molecule has 0 aliphatic rings. The summed E-state index contributed by atoms with van der Waals surface area (Å²) in [4.78, 5) is 14.7. The molecule has 16 heavy (non-hydrogen) atoms. The van der Waals surface area contributed by atoms with E-state index in [0.717, 1.165) is 5.56 Å². The van der Waals surface area contributed by atoms with Crippen molar-refractivity contribution in [3.63, 3.8) is 0 Å². The zero-order valence-electron chi connectivity index (χ0n) is 9.13. The van der Waals surface area contributed by atoms with E-state index in [1.165, 1.54) is 12.1 Å². The van der Waals surface area contributed by atoms with Crippen LogP contribution >= 0.6 is 0 Å². The average Bonchev–Trinajstić information content (AvgIpc) is 2.23. The van der Waals surface area contributed by atoms with E-state index in [2.05, 4.69) is 4.98 Å². The Morgan fingerprint density at radius 3 is 2.88 bits per heavy atom. The van der Waals surface area contributed by atoms with Gasteiger partial charge in [-0.2, -0.15) is 0 Å². The summed E-state index contributed by atoms with van der Waals surface area (Å²) < 4.78 is 18.4. The summed E-state index contributed by atoms with van der Waals surface area (Å²) in [6.45, 7) is 2.13. The van der Waals surface area contributed by atoms with Gasteiger partial charge in [-0.25, -0.2) is 4.39 Å². The Kier molecular flexibility index (Phi) is 2.75. The number of halogens is 1. The normalized spacial score (nSPS) is 10.9. The molecule has 0 spiro atoms. The molecule has 3 nitrogen and oxygen atoms in total. The third-order valence-electron chi connectivity index (χ3n) is 2.50. The SMILES string of the molecule is COCc1cc(=O)c2c(F)ccc(C)c2[nH]1. The molecular formula is C12H12FNO2. The number of methoxy groups -OCH3 is 1. The topological polar surface area (TPSA) is 42.1 Å². The van der Waals surface area contributed by atoms with Gasteiger partial charge >= 0.3 is 0 Å². The number of hydrogen-bond acceptors (Lipinski definition) is 2. The molecular weight excluding hydrogens is 209 g/mol. The summed E-state index contributed by atoms with van der Waals surface area (Å²) in [5, 5.41) is 0.111. The Labute approximate surface area is 91.9 Å². The monoisotopic (exact) mass is 221 g/mol. The Bertz CT molecular complexity index is 589. The number of nitrogens with one attached hydrogen (secondary N) is 1. The van der Waals surface area contributed by atoms with Crippen LogP contribution in [0.2, 0.25) is 0 Å². The fraction of sp³-hybridized carbons (Fsp3) is 0.250. The fourth-order valence-electron chi connectivity index (χ4n) is 1.74. The lowest BCUT2D eigenvalue weighted by Crippen LogP contribution is -2.08. The van der Waals surface area contributed by atoms with E-state index < -0.39 is 5.82 Å². The number of ether oxygens (including phenoxy) is 1. The van der Waals surface area contributed by atoms with Crippen LogP contribution in [0, 0.1) is 12.7 Å². The number of aryl methyl sites for hydroxylation is 1. The minimum Gasteiger partial charge on any atom is -0.378 e. The van der Waals surface area contributed by atoms with E-state index in [9.17, 15) is 9.18 Å². The molecule has 0 radical (unpaired) electrons. The van der Waals surface area contributed by atoms with Crippen LogP contribution in [-0.4, -0.2) is 12.1 Å². The van der Waals surface area contributed by atoms with E-state index >= 15 is 0 Å². The Morgan fingerprint density at radius 2 is 2.19 bits per heavy atom. The van der Waals surface area contributed by atoms with E-state index in [1.807, 2.05) is 6.92 Å². The fourth-order valence-corrected chi connectivity index (χ4v) is 1.74. The van der Waals surface area contributed by atoms with Gasteiger partial charge in [0.1, 0.15) is 5.82 Å². The largest absolute Gasteiger partial charge is 0.378 e. The second kappa shape index (κ2) is 4.06. The molecule has 0 bridgehead atoms. The molecule has 1 N–H and O–H groups in total. The first-order chi connectivity index (χ1) is 7.63. The summed E-state index contributed by atoms with van der Waals surface area (Å²) >= 11 is 0. The number of benzene rings is 1. The van der Waals surface area contributed by atoms with Crippen molar-refractivity contribution in [1.82, 2.24) is 4.98 Å². The third-order valence-corrected chi connectivity index (χ3v) is 2.50. The lowest BCUT2D eigenvalue weighted by atomic mass is 10.1. The molecule has 0 saturated heterocycles. The third kappa shape index (κ3) is 1.72. The quantitative estimate of drug-likeness (QED) is 0.844. The maximum atomic E-state index is 13.5. The number of rotatable bonds is 2. The van der Waals surface area contributed by atoms with E-state index in [1.54, 1.807) is 13.2 Å². The van der Waals surface area contributed by atoms with Crippen molar-refractivity contribution in [2.45, 2.75) is 13.5 Å². The summed E-state index contributed by atoms with van der Waals surface area (Å²) in [6, 6.07) is 4.32. The van der Waals surface area contributed by atoms with Gasteiger partial charge in [0.25, 0.3) is 0 Å². The highest BCUT2D eigenvalue weighted by atomic mass is 19.1. The number of aromatic nitrogens is 1. The lowest BCUT2D eigenvalue weighted by Gasteiger charge is -2.06. The van der Waals surface area contributed by atoms with Crippen molar-refractivity contribution in [3.8, 4) is 0 Å². The molecule has 0 atom stereocenters. The van der Waals surface area contributed by atoms with Gasteiger partial charge < -0.3 is 9.72 Å². The van der Waals surface area contributed by atoms with Gasteiger partial charge in [-0.3, -0.25) is 4.79 Å². The number of aromatic amines is 1. The van der Waals surface area contributed by atoms with Gasteiger partial charge in [0.2, 0.25) is 0 Å². The van der Waals surface area contributed by atoms with Crippen LogP contribution in [-0.2, 0) is 11.3 Å².